The lowest BCUT2D eigenvalue weighted by atomic mass is 10.3. The highest BCUT2D eigenvalue weighted by Crippen LogP contribution is 2.28. The van der Waals surface area contributed by atoms with E-state index in [2.05, 4.69) is 12.2 Å². The van der Waals surface area contributed by atoms with Gasteiger partial charge in [-0.1, -0.05) is 18.7 Å². The molecule has 26 heavy (non-hydrogen) atoms. The van der Waals surface area contributed by atoms with Gasteiger partial charge >= 0.3 is 0 Å². The Hall–Kier alpha value is -1.38. The number of carbonyl (C=O) groups is 1. The number of aryl methyl sites for hydroxylation is 1. The van der Waals surface area contributed by atoms with Gasteiger partial charge in [0.25, 0.3) is 5.56 Å². The summed E-state index contributed by atoms with van der Waals surface area (Å²) in [6.07, 6.45) is 3.73. The highest BCUT2D eigenvalue weighted by molar-refractivity contribution is 8.00. The lowest BCUT2D eigenvalue weighted by molar-refractivity contribution is -0.120. The van der Waals surface area contributed by atoms with Crippen molar-refractivity contribution in [3.8, 4) is 0 Å². The second-order valence-corrected chi connectivity index (χ2v) is 8.95. The first-order valence-electron chi connectivity index (χ1n) is 9.02. The Morgan fingerprint density at radius 3 is 2.96 bits per heavy atom. The van der Waals surface area contributed by atoms with Crippen LogP contribution in [0.4, 0.5) is 0 Å². The molecule has 1 atom stereocenters. The zero-order chi connectivity index (χ0) is 18.7. The number of thiophene rings is 1. The Bertz CT molecular complexity index is 842. The van der Waals surface area contributed by atoms with Gasteiger partial charge in [0.05, 0.1) is 10.6 Å². The van der Waals surface area contributed by atoms with E-state index < -0.39 is 0 Å². The molecule has 2 aromatic rings. The van der Waals surface area contributed by atoms with Crippen molar-refractivity contribution in [1.29, 1.82) is 0 Å². The number of hydrogen-bond acceptors (Lipinski definition) is 6. The standard InChI is InChI=1S/C18H25N3O3S2/c1-4-13-10-14-16(26-13)20-18(21(17(14)23)8-5-9-24-3)25-11(2)15(22)19-12-6-7-12/h10-12H,4-9H2,1-3H3,(H,19,22)/t11-/m0/s1. The number of thioether (sulfide) groups is 1. The maximum atomic E-state index is 13.0. The topological polar surface area (TPSA) is 73.2 Å². The SMILES string of the molecule is CCc1cc2c(=O)n(CCCOC)c(S[C@@H](C)C(=O)NC3CC3)nc2s1. The van der Waals surface area contributed by atoms with Crippen LogP contribution in [0, 0.1) is 0 Å². The third kappa shape index (κ3) is 4.47. The van der Waals surface area contributed by atoms with Gasteiger partial charge in [-0.15, -0.1) is 11.3 Å². The first-order chi connectivity index (χ1) is 12.5. The van der Waals surface area contributed by atoms with Gasteiger partial charge < -0.3 is 10.1 Å². The number of carbonyl (C=O) groups excluding carboxylic acids is 1. The van der Waals surface area contributed by atoms with Crippen molar-refractivity contribution >= 4 is 39.2 Å². The molecule has 1 amide bonds. The number of nitrogens with one attached hydrogen (secondary N) is 1. The maximum Gasteiger partial charge on any atom is 0.262 e. The molecule has 1 fully saturated rings. The van der Waals surface area contributed by atoms with Crippen molar-refractivity contribution < 1.29 is 9.53 Å². The predicted molar refractivity (Wildman–Crippen MR) is 106 cm³/mol. The average molecular weight is 396 g/mol. The second kappa shape index (κ2) is 8.54. The molecule has 0 radical (unpaired) electrons. The Morgan fingerprint density at radius 2 is 2.31 bits per heavy atom. The minimum atomic E-state index is -0.292. The number of amides is 1. The molecule has 2 heterocycles. The molecule has 0 spiro atoms. The summed E-state index contributed by atoms with van der Waals surface area (Å²) in [7, 11) is 1.65. The molecule has 1 N–H and O–H groups in total. The van der Waals surface area contributed by atoms with E-state index in [4.69, 9.17) is 9.72 Å². The molecular weight excluding hydrogens is 370 g/mol. The van der Waals surface area contributed by atoms with Crippen LogP contribution >= 0.6 is 23.1 Å². The molecule has 1 aliphatic carbocycles. The van der Waals surface area contributed by atoms with Crippen LogP contribution < -0.4 is 10.9 Å². The number of aromatic nitrogens is 2. The van der Waals surface area contributed by atoms with E-state index in [1.54, 1.807) is 23.0 Å². The Labute approximate surface area is 161 Å². The van der Waals surface area contributed by atoms with Crippen LogP contribution in [0.5, 0.6) is 0 Å². The summed E-state index contributed by atoms with van der Waals surface area (Å²) in [6.45, 7) is 5.05. The molecule has 6 nitrogen and oxygen atoms in total. The number of rotatable bonds is 9. The van der Waals surface area contributed by atoms with Crippen LogP contribution in [-0.4, -0.2) is 40.5 Å². The highest BCUT2D eigenvalue weighted by Gasteiger charge is 2.27. The summed E-state index contributed by atoms with van der Waals surface area (Å²) >= 11 is 2.91. The lowest BCUT2D eigenvalue weighted by Gasteiger charge is -2.15. The largest absolute Gasteiger partial charge is 0.385 e. The van der Waals surface area contributed by atoms with E-state index in [9.17, 15) is 9.59 Å². The fourth-order valence-corrected chi connectivity index (χ4v) is 4.59. The van der Waals surface area contributed by atoms with Crippen molar-refractivity contribution in [1.82, 2.24) is 14.9 Å². The molecule has 2 aromatic heterocycles. The molecule has 0 bridgehead atoms. The third-order valence-electron chi connectivity index (χ3n) is 4.32. The summed E-state index contributed by atoms with van der Waals surface area (Å²) < 4.78 is 6.81. The third-order valence-corrected chi connectivity index (χ3v) is 6.58. The molecule has 1 saturated carbocycles. The number of fused-ring (bicyclic) bond motifs is 1. The van der Waals surface area contributed by atoms with Gasteiger partial charge in [0, 0.05) is 31.2 Å². The summed E-state index contributed by atoms with van der Waals surface area (Å²) in [5.74, 6) is 0.00992. The van der Waals surface area contributed by atoms with Gasteiger partial charge in [0.1, 0.15) is 4.83 Å². The van der Waals surface area contributed by atoms with E-state index >= 15 is 0 Å². The molecule has 8 heteroatoms. The molecule has 142 valence electrons. The van der Waals surface area contributed by atoms with Crippen molar-refractivity contribution in [2.75, 3.05) is 13.7 Å². The van der Waals surface area contributed by atoms with Crippen molar-refractivity contribution in [3.05, 3.63) is 21.3 Å². The van der Waals surface area contributed by atoms with Gasteiger partial charge in [-0.3, -0.25) is 14.2 Å². The lowest BCUT2D eigenvalue weighted by Crippen LogP contribution is -2.33. The fraction of sp³-hybridized carbons (Fsp3) is 0.611. The quantitative estimate of drug-likeness (QED) is 0.401. The zero-order valence-electron chi connectivity index (χ0n) is 15.4. The molecule has 0 aliphatic heterocycles. The molecule has 0 saturated heterocycles. The van der Waals surface area contributed by atoms with E-state index in [1.807, 2.05) is 13.0 Å². The number of hydrogen-bond donors (Lipinski definition) is 1. The van der Waals surface area contributed by atoms with Crippen LogP contribution in [0.1, 0.15) is 38.0 Å². The van der Waals surface area contributed by atoms with Gasteiger partial charge in [-0.25, -0.2) is 4.98 Å². The summed E-state index contributed by atoms with van der Waals surface area (Å²) in [5.41, 5.74) is -0.0284. The smallest absolute Gasteiger partial charge is 0.262 e. The van der Waals surface area contributed by atoms with Crippen LogP contribution in [-0.2, 0) is 22.5 Å². The summed E-state index contributed by atoms with van der Waals surface area (Å²) in [6, 6.07) is 2.27. The van der Waals surface area contributed by atoms with E-state index in [-0.39, 0.29) is 16.7 Å². The molecular formula is C18H25N3O3S2. The normalized spacial score (nSPS) is 15.3. The van der Waals surface area contributed by atoms with E-state index in [0.717, 1.165) is 35.4 Å². The van der Waals surface area contributed by atoms with Crippen LogP contribution in [0.3, 0.4) is 0 Å². The Balaban J connectivity index is 1.90. The minimum Gasteiger partial charge on any atom is -0.385 e. The van der Waals surface area contributed by atoms with E-state index in [1.165, 1.54) is 11.8 Å². The molecule has 0 aromatic carbocycles. The first-order valence-corrected chi connectivity index (χ1v) is 10.7. The Morgan fingerprint density at radius 1 is 1.54 bits per heavy atom. The summed E-state index contributed by atoms with van der Waals surface area (Å²) in [5, 5.41) is 4.01. The minimum absolute atomic E-state index is 0.00992. The fourth-order valence-electron chi connectivity index (χ4n) is 2.63. The second-order valence-electron chi connectivity index (χ2n) is 6.53. The van der Waals surface area contributed by atoms with Gasteiger partial charge in [0.2, 0.25) is 5.91 Å². The van der Waals surface area contributed by atoms with Gasteiger partial charge in [0.15, 0.2) is 5.16 Å². The summed E-state index contributed by atoms with van der Waals surface area (Å²) in [4.78, 5) is 31.9. The molecule has 0 unspecified atom stereocenters. The number of nitrogens with zero attached hydrogens (tertiary/aromatic N) is 2. The van der Waals surface area contributed by atoms with Crippen LogP contribution in [0.15, 0.2) is 16.0 Å². The number of methoxy groups -OCH3 is 1. The predicted octanol–water partition coefficient (Wildman–Crippen LogP) is 2.82. The molecule has 1 aliphatic rings. The zero-order valence-corrected chi connectivity index (χ0v) is 17.0. The van der Waals surface area contributed by atoms with Crippen LogP contribution in [0.25, 0.3) is 10.2 Å². The first kappa shape index (κ1) is 19.4. The van der Waals surface area contributed by atoms with Gasteiger partial charge in [-0.05, 0) is 38.7 Å². The monoisotopic (exact) mass is 395 g/mol. The van der Waals surface area contributed by atoms with Gasteiger partial charge in [-0.2, -0.15) is 0 Å². The van der Waals surface area contributed by atoms with Crippen molar-refractivity contribution in [3.63, 3.8) is 0 Å². The number of ether oxygens (including phenoxy) is 1. The molecule has 3 rings (SSSR count). The highest BCUT2D eigenvalue weighted by atomic mass is 32.2. The van der Waals surface area contributed by atoms with Crippen molar-refractivity contribution in [2.24, 2.45) is 0 Å². The van der Waals surface area contributed by atoms with Crippen LogP contribution in [0.2, 0.25) is 0 Å². The maximum absolute atomic E-state index is 13.0. The average Bonchev–Trinajstić information content (AvgIpc) is 3.33. The Kier molecular flexibility index (Phi) is 6.37. The van der Waals surface area contributed by atoms with Crippen molar-refractivity contribution in [2.45, 2.75) is 62.5 Å². The van der Waals surface area contributed by atoms with E-state index in [0.29, 0.717) is 29.7 Å².